The van der Waals surface area contributed by atoms with Crippen molar-refractivity contribution < 1.29 is 52.2 Å². The number of aliphatic hydroxyl groups excluding tert-OH is 1. The van der Waals surface area contributed by atoms with E-state index in [1.54, 1.807) is 0 Å². The molecule has 2 N–H and O–H groups in total. The number of unbranched alkanes of at least 4 members (excludes halogenated alkanes) is 17. The van der Waals surface area contributed by atoms with Crippen LogP contribution in [0, 0.1) is 0 Å². The summed E-state index contributed by atoms with van der Waals surface area (Å²) in [7, 11) is -4.76. The van der Waals surface area contributed by atoms with Gasteiger partial charge in [0.05, 0.1) is 19.8 Å². The number of hydrogen-bond donors (Lipinski definition) is 2. The van der Waals surface area contributed by atoms with Gasteiger partial charge in [-0.2, -0.15) is 0 Å². The van der Waals surface area contributed by atoms with Gasteiger partial charge in [0.15, 0.2) is 6.10 Å². The van der Waals surface area contributed by atoms with Crippen LogP contribution in [-0.4, -0.2) is 66.5 Å². The van der Waals surface area contributed by atoms with Crippen LogP contribution in [-0.2, 0) is 42.2 Å². The summed E-state index contributed by atoms with van der Waals surface area (Å²) in [6, 6.07) is 0. The average molecular weight is 975 g/mol. The lowest BCUT2D eigenvalue weighted by molar-refractivity contribution is -0.161. The van der Waals surface area contributed by atoms with E-state index in [0.717, 1.165) is 89.9 Å². The van der Waals surface area contributed by atoms with Crippen LogP contribution in [0.1, 0.15) is 213 Å². The maximum Gasteiger partial charge on any atom is 0.472 e. The van der Waals surface area contributed by atoms with Gasteiger partial charge in [0, 0.05) is 19.3 Å². The predicted molar refractivity (Wildman–Crippen MR) is 279 cm³/mol. The molecule has 0 amide bonds. The monoisotopic (exact) mass is 975 g/mol. The van der Waals surface area contributed by atoms with E-state index in [2.05, 4.69) is 93.7 Å². The van der Waals surface area contributed by atoms with Crippen molar-refractivity contribution in [3.63, 3.8) is 0 Å². The first-order valence-electron chi connectivity index (χ1n) is 26.5. The molecule has 0 radical (unpaired) electrons. The van der Waals surface area contributed by atoms with Crippen LogP contribution in [0.4, 0.5) is 0 Å². The number of phosphoric acid groups is 1. The summed E-state index contributed by atoms with van der Waals surface area (Å²) in [5.74, 6) is -1.58. The SMILES string of the molecule is CC/C=C\C/C=C\C/C=C\C/C=C\C/C=C\C/C=C\CCC(=O)OC(COC(=O)CCCCCCCCCCCCC)COP(=O)(O)OCC(CO)OC(=O)CCCCCCC/C=C\CCCC. The van der Waals surface area contributed by atoms with Gasteiger partial charge in [0.25, 0.3) is 0 Å². The first-order valence-corrected chi connectivity index (χ1v) is 28.0. The zero-order chi connectivity index (χ0) is 49.9. The Hall–Kier alpha value is -3.34. The van der Waals surface area contributed by atoms with Crippen molar-refractivity contribution in [1.82, 2.24) is 0 Å². The number of phosphoric ester groups is 1. The van der Waals surface area contributed by atoms with Gasteiger partial charge in [-0.1, -0.05) is 202 Å². The highest BCUT2D eigenvalue weighted by atomic mass is 31.2. The minimum atomic E-state index is -4.76. The Morgan fingerprint density at radius 2 is 0.809 bits per heavy atom. The second kappa shape index (κ2) is 50.1. The third-order valence-electron chi connectivity index (χ3n) is 10.8. The zero-order valence-electron chi connectivity index (χ0n) is 42.8. The summed E-state index contributed by atoms with van der Waals surface area (Å²) in [6.07, 6.45) is 55.7. The molecule has 11 nitrogen and oxygen atoms in total. The van der Waals surface area contributed by atoms with Gasteiger partial charge < -0.3 is 24.2 Å². The van der Waals surface area contributed by atoms with Crippen LogP contribution >= 0.6 is 7.82 Å². The lowest BCUT2D eigenvalue weighted by Gasteiger charge is -2.21. The molecule has 3 atom stereocenters. The number of allylic oxidation sites excluding steroid dienone is 14. The maximum atomic E-state index is 12.8. The molecular weight excluding hydrogens is 880 g/mol. The lowest BCUT2D eigenvalue weighted by atomic mass is 10.1. The molecule has 0 spiro atoms. The molecule has 390 valence electrons. The molecule has 0 heterocycles. The molecule has 0 aromatic carbocycles. The fraction of sp³-hybridized carbons (Fsp3) is 0.696. The molecule has 0 saturated heterocycles. The number of ether oxygens (including phenoxy) is 3. The Balaban J connectivity index is 4.86. The minimum Gasteiger partial charge on any atom is -0.462 e. The quantitative estimate of drug-likeness (QED) is 0.0197. The van der Waals surface area contributed by atoms with E-state index < -0.39 is 57.8 Å². The van der Waals surface area contributed by atoms with Crippen LogP contribution < -0.4 is 0 Å². The zero-order valence-corrected chi connectivity index (χ0v) is 43.7. The van der Waals surface area contributed by atoms with Crippen LogP contribution in [0.25, 0.3) is 0 Å². The van der Waals surface area contributed by atoms with E-state index in [9.17, 15) is 28.9 Å². The van der Waals surface area contributed by atoms with Crippen molar-refractivity contribution >= 4 is 25.7 Å². The molecular formula is C56H95O11P. The standard InChI is InChI=1S/C56H95O11P/c1-4-7-10-13-16-19-22-23-24-25-26-27-28-29-32-35-38-41-44-47-56(60)67-53(49-63-54(58)45-42-39-36-33-30-20-17-14-11-8-5-2)51-65-68(61,62)64-50-52(48-57)66-55(59)46-43-40-37-34-31-21-18-15-12-9-6-3/h7,10,15-16,18-19,23-24,26-27,29,32,38,41,52-53,57H,4-6,8-9,11-14,17,20-22,25,28,30-31,33-37,39-40,42-51H2,1-3H3,(H,61,62)/b10-7-,18-15-,19-16-,24-23-,27-26-,32-29-,41-38-. The van der Waals surface area contributed by atoms with Crippen LogP contribution in [0.2, 0.25) is 0 Å². The van der Waals surface area contributed by atoms with Crippen molar-refractivity contribution in [2.24, 2.45) is 0 Å². The minimum absolute atomic E-state index is 0.0407. The number of carbonyl (C=O) groups is 3. The highest BCUT2D eigenvalue weighted by Gasteiger charge is 2.28. The number of esters is 3. The third kappa shape index (κ3) is 47.7. The van der Waals surface area contributed by atoms with Gasteiger partial charge in [-0.05, 0) is 77.0 Å². The summed E-state index contributed by atoms with van der Waals surface area (Å²) in [6.45, 7) is 4.37. The third-order valence-corrected chi connectivity index (χ3v) is 11.8. The van der Waals surface area contributed by atoms with Gasteiger partial charge >= 0.3 is 25.7 Å². The van der Waals surface area contributed by atoms with Crippen molar-refractivity contribution in [2.75, 3.05) is 26.4 Å². The van der Waals surface area contributed by atoms with Gasteiger partial charge in [0.1, 0.15) is 12.7 Å². The van der Waals surface area contributed by atoms with E-state index >= 15 is 0 Å². The fourth-order valence-electron chi connectivity index (χ4n) is 6.77. The number of aliphatic hydroxyl groups is 1. The molecule has 0 bridgehead atoms. The van der Waals surface area contributed by atoms with Crippen molar-refractivity contribution in [1.29, 1.82) is 0 Å². The normalized spacial score (nSPS) is 14.1. The molecule has 12 heteroatoms. The lowest BCUT2D eigenvalue weighted by Crippen LogP contribution is -2.30. The van der Waals surface area contributed by atoms with Crippen LogP contribution in [0.5, 0.6) is 0 Å². The van der Waals surface area contributed by atoms with Gasteiger partial charge in [-0.3, -0.25) is 23.4 Å². The average Bonchev–Trinajstić information content (AvgIpc) is 3.32. The molecule has 0 aliphatic rings. The van der Waals surface area contributed by atoms with E-state index in [1.807, 2.05) is 12.2 Å². The first kappa shape index (κ1) is 64.7. The molecule has 68 heavy (non-hydrogen) atoms. The largest absolute Gasteiger partial charge is 0.472 e. The smallest absolute Gasteiger partial charge is 0.462 e. The molecule has 0 fully saturated rings. The first-order chi connectivity index (χ1) is 33.2. The molecule has 0 aromatic rings. The molecule has 0 rings (SSSR count). The second-order valence-electron chi connectivity index (χ2n) is 17.3. The van der Waals surface area contributed by atoms with Gasteiger partial charge in [-0.25, -0.2) is 4.57 Å². The summed E-state index contributed by atoms with van der Waals surface area (Å²) >= 11 is 0. The van der Waals surface area contributed by atoms with E-state index in [0.29, 0.717) is 25.7 Å². The van der Waals surface area contributed by atoms with E-state index in [1.165, 1.54) is 57.8 Å². The summed E-state index contributed by atoms with van der Waals surface area (Å²) in [5.41, 5.74) is 0. The highest BCUT2D eigenvalue weighted by Crippen LogP contribution is 2.43. The van der Waals surface area contributed by atoms with E-state index in [-0.39, 0.29) is 25.9 Å². The molecule has 0 aliphatic carbocycles. The Morgan fingerprint density at radius 3 is 1.31 bits per heavy atom. The molecule has 0 saturated carbocycles. The van der Waals surface area contributed by atoms with Crippen LogP contribution in [0.15, 0.2) is 85.1 Å². The van der Waals surface area contributed by atoms with Gasteiger partial charge in [-0.15, -0.1) is 0 Å². The molecule has 0 aromatic heterocycles. The predicted octanol–water partition coefficient (Wildman–Crippen LogP) is 15.1. The summed E-state index contributed by atoms with van der Waals surface area (Å²) in [5, 5.41) is 9.76. The second-order valence-corrected chi connectivity index (χ2v) is 18.8. The fourth-order valence-corrected chi connectivity index (χ4v) is 7.56. The number of hydrogen-bond acceptors (Lipinski definition) is 10. The molecule has 0 aliphatic heterocycles. The van der Waals surface area contributed by atoms with E-state index in [4.69, 9.17) is 23.3 Å². The molecule has 3 unspecified atom stereocenters. The van der Waals surface area contributed by atoms with Gasteiger partial charge in [0.2, 0.25) is 0 Å². The number of rotatable bonds is 48. The highest BCUT2D eigenvalue weighted by molar-refractivity contribution is 7.47. The van der Waals surface area contributed by atoms with Crippen molar-refractivity contribution in [3.05, 3.63) is 85.1 Å². The Labute approximate surface area is 413 Å². The van der Waals surface area contributed by atoms with Crippen molar-refractivity contribution in [2.45, 2.75) is 226 Å². The van der Waals surface area contributed by atoms with Crippen molar-refractivity contribution in [3.8, 4) is 0 Å². The maximum absolute atomic E-state index is 12.8. The summed E-state index contributed by atoms with van der Waals surface area (Å²) < 4.78 is 39.2. The Kier molecular flexibility index (Phi) is 47.6. The van der Waals surface area contributed by atoms with Crippen LogP contribution in [0.3, 0.4) is 0 Å². The Morgan fingerprint density at radius 1 is 0.426 bits per heavy atom. The summed E-state index contributed by atoms with van der Waals surface area (Å²) in [4.78, 5) is 48.2. The Bertz CT molecular complexity index is 1460. The topological polar surface area (TPSA) is 155 Å². The number of carbonyl (C=O) groups excluding carboxylic acids is 3.